The van der Waals surface area contributed by atoms with E-state index >= 15 is 0 Å². The maximum absolute atomic E-state index is 12.9. The molecule has 0 aliphatic rings. The molecule has 0 amide bonds. The number of ether oxygens (including phenoxy) is 1. The molecule has 1 unspecified atom stereocenters. The summed E-state index contributed by atoms with van der Waals surface area (Å²) < 4.78 is 43.9. The van der Waals surface area contributed by atoms with Crippen molar-refractivity contribution in [2.24, 2.45) is 0 Å². The average molecular weight is 300 g/mol. The van der Waals surface area contributed by atoms with Crippen LogP contribution in [0.25, 0.3) is 0 Å². The normalized spacial score (nSPS) is 13.6. The largest absolute Gasteiger partial charge is 0.417 e. The SMILES string of the molecule is COC(C)(C)CC(C)Nc1ccc(C#N)c(C(F)(F)F)c1. The smallest absolute Gasteiger partial charge is 0.382 e. The summed E-state index contributed by atoms with van der Waals surface area (Å²) in [6, 6.07) is 5.11. The van der Waals surface area contributed by atoms with Crippen LogP contribution in [0.1, 0.15) is 38.3 Å². The first-order chi connectivity index (χ1) is 9.59. The van der Waals surface area contributed by atoms with Gasteiger partial charge < -0.3 is 10.1 Å². The van der Waals surface area contributed by atoms with E-state index in [4.69, 9.17) is 10.00 Å². The highest BCUT2D eigenvalue weighted by Crippen LogP contribution is 2.33. The zero-order valence-corrected chi connectivity index (χ0v) is 12.5. The molecule has 0 aromatic heterocycles. The van der Waals surface area contributed by atoms with Gasteiger partial charge in [-0.1, -0.05) is 0 Å². The molecule has 0 aliphatic carbocycles. The van der Waals surface area contributed by atoms with Gasteiger partial charge in [0, 0.05) is 18.8 Å². The zero-order valence-electron chi connectivity index (χ0n) is 12.5. The van der Waals surface area contributed by atoms with Gasteiger partial charge in [0.1, 0.15) is 0 Å². The molecule has 0 bridgehead atoms. The Hall–Kier alpha value is -1.74. The lowest BCUT2D eigenvalue weighted by atomic mass is 9.99. The summed E-state index contributed by atoms with van der Waals surface area (Å²) in [5.74, 6) is 0. The van der Waals surface area contributed by atoms with Gasteiger partial charge in [-0.3, -0.25) is 0 Å². The molecule has 116 valence electrons. The van der Waals surface area contributed by atoms with Crippen LogP contribution in [0.3, 0.4) is 0 Å². The van der Waals surface area contributed by atoms with Crippen molar-refractivity contribution < 1.29 is 17.9 Å². The molecule has 1 N–H and O–H groups in total. The van der Waals surface area contributed by atoms with Gasteiger partial charge in [0.05, 0.1) is 22.8 Å². The van der Waals surface area contributed by atoms with Crippen molar-refractivity contribution in [2.75, 3.05) is 12.4 Å². The molecule has 0 radical (unpaired) electrons. The molecule has 0 saturated carbocycles. The van der Waals surface area contributed by atoms with Crippen LogP contribution in [0.5, 0.6) is 0 Å². The minimum absolute atomic E-state index is 0.0750. The van der Waals surface area contributed by atoms with E-state index in [1.807, 2.05) is 20.8 Å². The predicted octanol–water partition coefficient (Wildman–Crippen LogP) is 4.19. The number of anilines is 1. The number of nitrogens with zero attached hydrogens (tertiary/aromatic N) is 1. The van der Waals surface area contributed by atoms with Crippen molar-refractivity contribution in [1.82, 2.24) is 0 Å². The quantitative estimate of drug-likeness (QED) is 0.886. The maximum atomic E-state index is 12.9. The number of nitrogens with one attached hydrogen (secondary N) is 1. The highest BCUT2D eigenvalue weighted by atomic mass is 19.4. The van der Waals surface area contributed by atoms with E-state index in [9.17, 15) is 13.2 Å². The molecule has 0 fully saturated rings. The minimum Gasteiger partial charge on any atom is -0.382 e. The lowest BCUT2D eigenvalue weighted by Crippen LogP contribution is -2.31. The molecule has 0 saturated heterocycles. The molecule has 1 aromatic rings. The number of halogens is 3. The van der Waals surface area contributed by atoms with Crippen molar-refractivity contribution in [3.63, 3.8) is 0 Å². The number of rotatable bonds is 5. The summed E-state index contributed by atoms with van der Waals surface area (Å²) in [7, 11) is 1.59. The van der Waals surface area contributed by atoms with E-state index in [2.05, 4.69) is 5.32 Å². The summed E-state index contributed by atoms with van der Waals surface area (Å²) in [6.45, 7) is 5.68. The highest BCUT2D eigenvalue weighted by Gasteiger charge is 2.34. The van der Waals surface area contributed by atoms with Gasteiger partial charge in [0.2, 0.25) is 0 Å². The number of alkyl halides is 3. The Labute approximate surface area is 122 Å². The maximum Gasteiger partial charge on any atom is 0.417 e. The van der Waals surface area contributed by atoms with E-state index in [0.29, 0.717) is 12.1 Å². The number of hydrogen-bond acceptors (Lipinski definition) is 3. The van der Waals surface area contributed by atoms with Crippen molar-refractivity contribution in [3.05, 3.63) is 29.3 Å². The number of benzene rings is 1. The molecule has 3 nitrogen and oxygen atoms in total. The van der Waals surface area contributed by atoms with Crippen molar-refractivity contribution in [2.45, 2.75) is 45.0 Å². The number of hydrogen-bond donors (Lipinski definition) is 1. The zero-order chi connectivity index (χ0) is 16.3. The lowest BCUT2D eigenvalue weighted by molar-refractivity contribution is -0.137. The minimum atomic E-state index is -4.54. The van der Waals surface area contributed by atoms with E-state index in [1.54, 1.807) is 13.2 Å². The fourth-order valence-corrected chi connectivity index (χ4v) is 2.12. The van der Waals surface area contributed by atoms with Crippen LogP contribution in [0.4, 0.5) is 18.9 Å². The Kier molecular flexibility index (Phi) is 5.24. The number of nitriles is 1. The van der Waals surface area contributed by atoms with Crippen LogP contribution >= 0.6 is 0 Å². The van der Waals surface area contributed by atoms with Crippen molar-refractivity contribution >= 4 is 5.69 Å². The molecule has 6 heteroatoms. The Morgan fingerprint density at radius 2 is 1.95 bits per heavy atom. The van der Waals surface area contributed by atoms with Gasteiger partial charge in [-0.05, 0) is 45.4 Å². The topological polar surface area (TPSA) is 45.0 Å². The van der Waals surface area contributed by atoms with Gasteiger partial charge >= 0.3 is 6.18 Å². The Bertz CT molecular complexity index is 533. The fourth-order valence-electron chi connectivity index (χ4n) is 2.12. The third-order valence-corrected chi connectivity index (χ3v) is 3.21. The second-order valence-electron chi connectivity index (χ2n) is 5.58. The fraction of sp³-hybridized carbons (Fsp3) is 0.533. The summed E-state index contributed by atoms with van der Waals surface area (Å²) in [5, 5.41) is 11.8. The number of methoxy groups -OCH3 is 1. The van der Waals surface area contributed by atoms with E-state index < -0.39 is 11.7 Å². The molecule has 0 aliphatic heterocycles. The van der Waals surface area contributed by atoms with Crippen molar-refractivity contribution in [1.29, 1.82) is 5.26 Å². The van der Waals surface area contributed by atoms with E-state index in [1.165, 1.54) is 12.1 Å². The van der Waals surface area contributed by atoms with E-state index in [-0.39, 0.29) is 17.2 Å². The third kappa shape index (κ3) is 4.94. The molecular weight excluding hydrogens is 281 g/mol. The van der Waals surface area contributed by atoms with Gasteiger partial charge in [-0.15, -0.1) is 0 Å². The summed E-state index contributed by atoms with van der Waals surface area (Å²) >= 11 is 0. The third-order valence-electron chi connectivity index (χ3n) is 3.21. The molecule has 1 aromatic carbocycles. The summed E-state index contributed by atoms with van der Waals surface area (Å²) in [4.78, 5) is 0. The molecular formula is C15H19F3N2O. The molecule has 1 rings (SSSR count). The van der Waals surface area contributed by atoms with Gasteiger partial charge in [0.25, 0.3) is 0 Å². The Balaban J connectivity index is 2.94. The standard InChI is InChI=1S/C15H19F3N2O/c1-10(8-14(2,3)21-4)20-12-6-5-11(9-19)13(7-12)15(16,17)18/h5-7,10,20H,8H2,1-4H3. The molecule has 0 heterocycles. The first-order valence-corrected chi connectivity index (χ1v) is 6.52. The highest BCUT2D eigenvalue weighted by molar-refractivity contribution is 5.53. The van der Waals surface area contributed by atoms with Gasteiger partial charge in [0.15, 0.2) is 0 Å². The van der Waals surface area contributed by atoms with Crippen LogP contribution in [-0.2, 0) is 10.9 Å². The molecule has 0 spiro atoms. The van der Waals surface area contributed by atoms with Gasteiger partial charge in [-0.2, -0.15) is 18.4 Å². The monoisotopic (exact) mass is 300 g/mol. The second-order valence-corrected chi connectivity index (χ2v) is 5.58. The van der Waals surface area contributed by atoms with Crippen LogP contribution in [-0.4, -0.2) is 18.8 Å². The Morgan fingerprint density at radius 1 is 1.33 bits per heavy atom. The summed E-state index contributed by atoms with van der Waals surface area (Å²) in [6.07, 6.45) is -3.91. The van der Waals surface area contributed by atoms with Crippen LogP contribution < -0.4 is 5.32 Å². The summed E-state index contributed by atoms with van der Waals surface area (Å²) in [5.41, 5.74) is -1.34. The van der Waals surface area contributed by atoms with Crippen molar-refractivity contribution in [3.8, 4) is 6.07 Å². The van der Waals surface area contributed by atoms with E-state index in [0.717, 1.165) is 6.07 Å². The first kappa shape index (κ1) is 17.3. The molecule has 1 atom stereocenters. The average Bonchev–Trinajstić information content (AvgIpc) is 2.37. The molecule has 21 heavy (non-hydrogen) atoms. The first-order valence-electron chi connectivity index (χ1n) is 6.52. The second kappa shape index (κ2) is 6.35. The van der Waals surface area contributed by atoms with Gasteiger partial charge in [-0.25, -0.2) is 0 Å². The van der Waals surface area contributed by atoms with Crippen LogP contribution in [0, 0.1) is 11.3 Å². The Morgan fingerprint density at radius 3 is 2.43 bits per heavy atom. The lowest BCUT2D eigenvalue weighted by Gasteiger charge is -2.27. The van der Waals surface area contributed by atoms with Crippen LogP contribution in [0.2, 0.25) is 0 Å². The van der Waals surface area contributed by atoms with Crippen LogP contribution in [0.15, 0.2) is 18.2 Å². The predicted molar refractivity (Wildman–Crippen MR) is 74.9 cm³/mol.